The van der Waals surface area contributed by atoms with E-state index >= 15 is 0 Å². The summed E-state index contributed by atoms with van der Waals surface area (Å²) in [6.45, 7) is 12.8. The molecule has 1 aliphatic rings. The Morgan fingerprint density at radius 2 is 1.89 bits per heavy atom. The highest BCUT2D eigenvalue weighted by Crippen LogP contribution is 2.34. The van der Waals surface area contributed by atoms with Crippen LogP contribution >= 0.6 is 0 Å². The van der Waals surface area contributed by atoms with Gasteiger partial charge < -0.3 is 10.6 Å². The Bertz CT molecular complexity index is 247. The van der Waals surface area contributed by atoms with E-state index < -0.39 is 0 Å². The summed E-state index contributed by atoms with van der Waals surface area (Å²) in [6.07, 6.45) is 5.06. The summed E-state index contributed by atoms with van der Waals surface area (Å²) >= 11 is 0. The Balaban J connectivity index is 2.58. The van der Waals surface area contributed by atoms with Gasteiger partial charge in [0.15, 0.2) is 0 Å². The first kappa shape index (κ1) is 16.0. The van der Waals surface area contributed by atoms with Gasteiger partial charge in [0.25, 0.3) is 0 Å². The molecule has 0 aromatic rings. The zero-order chi connectivity index (χ0) is 13.9. The van der Waals surface area contributed by atoms with E-state index in [4.69, 9.17) is 5.73 Å². The normalized spacial score (nSPS) is 30.2. The predicted octanol–water partition coefficient (Wildman–Crippen LogP) is 3.51. The van der Waals surface area contributed by atoms with Gasteiger partial charge in [0.2, 0.25) is 0 Å². The molecule has 0 heterocycles. The molecule has 1 saturated carbocycles. The predicted molar refractivity (Wildman–Crippen MR) is 80.6 cm³/mol. The maximum Gasteiger partial charge on any atom is 0.0147 e. The van der Waals surface area contributed by atoms with Gasteiger partial charge in [-0.25, -0.2) is 0 Å². The van der Waals surface area contributed by atoms with E-state index in [1.807, 2.05) is 0 Å². The zero-order valence-corrected chi connectivity index (χ0v) is 13.4. The van der Waals surface area contributed by atoms with Gasteiger partial charge in [0.05, 0.1) is 0 Å². The van der Waals surface area contributed by atoms with Crippen LogP contribution in [0.5, 0.6) is 0 Å². The highest BCUT2D eigenvalue weighted by molar-refractivity contribution is 4.88. The van der Waals surface area contributed by atoms with Crippen molar-refractivity contribution in [2.75, 3.05) is 13.6 Å². The van der Waals surface area contributed by atoms with Crippen molar-refractivity contribution in [1.29, 1.82) is 0 Å². The molecule has 2 heteroatoms. The van der Waals surface area contributed by atoms with Crippen LogP contribution in [0.2, 0.25) is 0 Å². The van der Waals surface area contributed by atoms with Gasteiger partial charge in [-0.3, -0.25) is 0 Å². The summed E-state index contributed by atoms with van der Waals surface area (Å²) in [7, 11) is 2.26. The molecule has 1 rings (SSSR count). The molecule has 0 bridgehead atoms. The topological polar surface area (TPSA) is 29.3 Å². The maximum absolute atomic E-state index is 6.35. The van der Waals surface area contributed by atoms with Crippen LogP contribution in [0.4, 0.5) is 0 Å². The molecular weight excluding hydrogens is 220 g/mol. The van der Waals surface area contributed by atoms with Crippen LogP contribution in [0.1, 0.15) is 60.3 Å². The lowest BCUT2D eigenvalue weighted by molar-refractivity contribution is 0.0882. The summed E-state index contributed by atoms with van der Waals surface area (Å²) in [5.41, 5.74) is 6.64. The van der Waals surface area contributed by atoms with Crippen molar-refractivity contribution in [2.24, 2.45) is 23.5 Å². The first-order valence-corrected chi connectivity index (χ1v) is 7.74. The monoisotopic (exact) mass is 254 g/mol. The van der Waals surface area contributed by atoms with E-state index in [2.05, 4.69) is 46.6 Å². The Kier molecular flexibility index (Phi) is 5.67. The molecule has 0 aliphatic heterocycles. The van der Waals surface area contributed by atoms with Crippen LogP contribution in [-0.2, 0) is 0 Å². The minimum atomic E-state index is 0.296. The molecule has 0 amide bonds. The first-order chi connectivity index (χ1) is 8.27. The summed E-state index contributed by atoms with van der Waals surface area (Å²) in [4.78, 5) is 2.51. The van der Waals surface area contributed by atoms with E-state index in [0.717, 1.165) is 18.4 Å². The third-order valence-electron chi connectivity index (χ3n) is 5.43. The van der Waals surface area contributed by atoms with Gasteiger partial charge in [-0.1, -0.05) is 20.8 Å². The van der Waals surface area contributed by atoms with Gasteiger partial charge in [-0.2, -0.15) is 0 Å². The number of rotatable bonds is 5. The van der Waals surface area contributed by atoms with Crippen molar-refractivity contribution < 1.29 is 0 Å². The molecule has 0 aromatic heterocycles. The van der Waals surface area contributed by atoms with Crippen LogP contribution in [0, 0.1) is 17.8 Å². The van der Waals surface area contributed by atoms with Crippen molar-refractivity contribution in [2.45, 2.75) is 71.9 Å². The van der Waals surface area contributed by atoms with Gasteiger partial charge >= 0.3 is 0 Å². The first-order valence-electron chi connectivity index (χ1n) is 7.74. The molecule has 0 saturated heterocycles. The van der Waals surface area contributed by atoms with E-state index in [1.165, 1.54) is 25.7 Å². The van der Waals surface area contributed by atoms with E-state index in [-0.39, 0.29) is 0 Å². The second-order valence-corrected chi connectivity index (χ2v) is 7.29. The fourth-order valence-electron chi connectivity index (χ4n) is 3.01. The number of nitrogens with two attached hydrogens (primary N) is 1. The molecule has 1 aliphatic carbocycles. The highest BCUT2D eigenvalue weighted by Gasteiger charge is 2.32. The highest BCUT2D eigenvalue weighted by atomic mass is 15.2. The standard InChI is InChI=1S/C16H34N2/c1-7-16(4,5)18(6)11-14-10-13(12(2)3)8-9-15(14)17/h12-15H,7-11,17H2,1-6H3. The molecule has 1 fully saturated rings. The quantitative estimate of drug-likeness (QED) is 0.813. The SMILES string of the molecule is CCC(C)(C)N(C)CC1CC(C(C)C)CCC1N. The van der Waals surface area contributed by atoms with Gasteiger partial charge in [0.1, 0.15) is 0 Å². The molecule has 18 heavy (non-hydrogen) atoms. The summed E-state index contributed by atoms with van der Waals surface area (Å²) in [5.74, 6) is 2.37. The van der Waals surface area contributed by atoms with Gasteiger partial charge in [0, 0.05) is 18.1 Å². The van der Waals surface area contributed by atoms with Crippen LogP contribution in [0.25, 0.3) is 0 Å². The summed E-state index contributed by atoms with van der Waals surface area (Å²) in [6, 6.07) is 0.412. The van der Waals surface area contributed by atoms with Gasteiger partial charge in [-0.05, 0) is 64.3 Å². The Labute approximate surface area is 114 Å². The molecule has 2 nitrogen and oxygen atoms in total. The average molecular weight is 254 g/mol. The number of nitrogens with zero attached hydrogens (tertiary/aromatic N) is 1. The molecule has 3 unspecified atom stereocenters. The van der Waals surface area contributed by atoms with Crippen molar-refractivity contribution in [3.63, 3.8) is 0 Å². The number of hydrogen-bond donors (Lipinski definition) is 1. The third-order valence-corrected chi connectivity index (χ3v) is 5.43. The minimum absolute atomic E-state index is 0.296. The molecule has 0 aromatic carbocycles. The Morgan fingerprint density at radius 1 is 1.28 bits per heavy atom. The molecule has 2 N–H and O–H groups in total. The molecular formula is C16H34N2. The third kappa shape index (κ3) is 3.96. The summed E-state index contributed by atoms with van der Waals surface area (Å²) in [5, 5.41) is 0. The van der Waals surface area contributed by atoms with Crippen molar-refractivity contribution >= 4 is 0 Å². The van der Waals surface area contributed by atoms with Crippen LogP contribution < -0.4 is 5.73 Å². The fourth-order valence-corrected chi connectivity index (χ4v) is 3.01. The lowest BCUT2D eigenvalue weighted by Crippen LogP contribution is -2.48. The zero-order valence-electron chi connectivity index (χ0n) is 13.4. The lowest BCUT2D eigenvalue weighted by Gasteiger charge is -2.42. The Hall–Kier alpha value is -0.0800. The van der Waals surface area contributed by atoms with Crippen molar-refractivity contribution in [1.82, 2.24) is 4.90 Å². The second kappa shape index (κ2) is 6.38. The molecule has 0 radical (unpaired) electrons. The maximum atomic E-state index is 6.35. The lowest BCUT2D eigenvalue weighted by atomic mass is 9.73. The minimum Gasteiger partial charge on any atom is -0.327 e. The number of hydrogen-bond acceptors (Lipinski definition) is 2. The Morgan fingerprint density at radius 3 is 2.39 bits per heavy atom. The van der Waals surface area contributed by atoms with Crippen LogP contribution in [0.3, 0.4) is 0 Å². The van der Waals surface area contributed by atoms with Crippen LogP contribution in [-0.4, -0.2) is 30.1 Å². The smallest absolute Gasteiger partial charge is 0.0147 e. The van der Waals surface area contributed by atoms with Gasteiger partial charge in [-0.15, -0.1) is 0 Å². The van der Waals surface area contributed by atoms with Crippen molar-refractivity contribution in [3.8, 4) is 0 Å². The molecule has 108 valence electrons. The molecule has 0 spiro atoms. The van der Waals surface area contributed by atoms with Crippen LogP contribution in [0.15, 0.2) is 0 Å². The fraction of sp³-hybridized carbons (Fsp3) is 1.00. The summed E-state index contributed by atoms with van der Waals surface area (Å²) < 4.78 is 0. The van der Waals surface area contributed by atoms with Crippen molar-refractivity contribution in [3.05, 3.63) is 0 Å². The van der Waals surface area contributed by atoms with E-state index in [0.29, 0.717) is 17.5 Å². The largest absolute Gasteiger partial charge is 0.327 e. The van der Waals surface area contributed by atoms with E-state index in [9.17, 15) is 0 Å². The molecule has 3 atom stereocenters. The average Bonchev–Trinajstić information content (AvgIpc) is 2.31. The second-order valence-electron chi connectivity index (χ2n) is 7.29. The van der Waals surface area contributed by atoms with E-state index in [1.54, 1.807) is 0 Å².